The molecule has 0 bridgehead atoms. The number of piperidine rings is 1. The normalized spacial score (nSPS) is 15.9. The van der Waals surface area contributed by atoms with Crippen LogP contribution in [0.1, 0.15) is 46.5 Å². The highest BCUT2D eigenvalue weighted by atomic mass is 32.2. The molecule has 1 heterocycles. The number of carbonyl (C=O) groups is 2. The maximum atomic E-state index is 11.9. The van der Waals surface area contributed by atoms with Gasteiger partial charge in [-0.3, -0.25) is 4.79 Å². The third kappa shape index (κ3) is 7.60. The van der Waals surface area contributed by atoms with Crippen molar-refractivity contribution >= 4 is 22.0 Å². The number of sulfonamides is 1. The molecule has 0 atom stereocenters. The molecule has 25 heavy (non-hydrogen) atoms. The standard InChI is InChI=1S/C16H31N3O5S/c1-4-6-13-25(22,23)17-9-12-19(14(3)20)15-7-10-18(11-8-15)16(21)24-5-2/h15,17H,4-13H2,1-3H3. The third-order valence-corrected chi connectivity index (χ3v) is 5.75. The van der Waals surface area contributed by atoms with Gasteiger partial charge in [0.1, 0.15) is 0 Å². The van der Waals surface area contributed by atoms with E-state index in [1.165, 1.54) is 6.92 Å². The molecule has 0 aromatic heterocycles. The van der Waals surface area contributed by atoms with Crippen LogP contribution in [-0.2, 0) is 19.6 Å². The van der Waals surface area contributed by atoms with Crippen molar-refractivity contribution in [3.8, 4) is 0 Å². The molecule has 2 amide bonds. The monoisotopic (exact) mass is 377 g/mol. The van der Waals surface area contributed by atoms with Crippen molar-refractivity contribution < 1.29 is 22.7 Å². The van der Waals surface area contributed by atoms with Gasteiger partial charge in [0.05, 0.1) is 12.4 Å². The predicted molar refractivity (Wildman–Crippen MR) is 95.7 cm³/mol. The van der Waals surface area contributed by atoms with E-state index in [1.54, 1.807) is 16.7 Å². The summed E-state index contributed by atoms with van der Waals surface area (Å²) in [6.45, 7) is 7.17. The van der Waals surface area contributed by atoms with Gasteiger partial charge in [-0.25, -0.2) is 17.9 Å². The van der Waals surface area contributed by atoms with Gasteiger partial charge in [0.15, 0.2) is 0 Å². The maximum Gasteiger partial charge on any atom is 0.409 e. The average molecular weight is 378 g/mol. The van der Waals surface area contributed by atoms with Gasteiger partial charge in [-0.2, -0.15) is 0 Å². The van der Waals surface area contributed by atoms with Crippen molar-refractivity contribution in [2.75, 3.05) is 38.5 Å². The summed E-state index contributed by atoms with van der Waals surface area (Å²) in [5.74, 6) is 0.0314. The van der Waals surface area contributed by atoms with E-state index >= 15 is 0 Å². The molecule has 1 saturated heterocycles. The van der Waals surface area contributed by atoms with Crippen molar-refractivity contribution in [2.24, 2.45) is 0 Å². The molecule has 0 saturated carbocycles. The first-order valence-electron chi connectivity index (χ1n) is 8.97. The highest BCUT2D eigenvalue weighted by molar-refractivity contribution is 7.89. The van der Waals surface area contributed by atoms with E-state index in [0.717, 1.165) is 6.42 Å². The summed E-state index contributed by atoms with van der Waals surface area (Å²) < 4.78 is 31.2. The maximum absolute atomic E-state index is 11.9. The minimum Gasteiger partial charge on any atom is -0.450 e. The Hall–Kier alpha value is -1.35. The van der Waals surface area contributed by atoms with E-state index in [2.05, 4.69) is 4.72 Å². The molecule has 0 aromatic rings. The molecule has 0 unspecified atom stereocenters. The van der Waals surface area contributed by atoms with Gasteiger partial charge < -0.3 is 14.5 Å². The Bertz CT molecular complexity index is 530. The van der Waals surface area contributed by atoms with Crippen LogP contribution in [0.2, 0.25) is 0 Å². The number of nitrogens with zero attached hydrogens (tertiary/aromatic N) is 2. The van der Waals surface area contributed by atoms with Crippen LogP contribution in [0, 0.1) is 0 Å². The molecule has 0 aliphatic carbocycles. The van der Waals surface area contributed by atoms with Crippen LogP contribution in [0.25, 0.3) is 0 Å². The van der Waals surface area contributed by atoms with Crippen LogP contribution in [0.15, 0.2) is 0 Å². The quantitative estimate of drug-likeness (QED) is 0.651. The van der Waals surface area contributed by atoms with E-state index in [0.29, 0.717) is 45.5 Å². The smallest absolute Gasteiger partial charge is 0.409 e. The second-order valence-electron chi connectivity index (χ2n) is 6.20. The van der Waals surface area contributed by atoms with Gasteiger partial charge in [-0.05, 0) is 26.2 Å². The van der Waals surface area contributed by atoms with E-state index in [9.17, 15) is 18.0 Å². The summed E-state index contributed by atoms with van der Waals surface area (Å²) in [5.41, 5.74) is 0. The average Bonchev–Trinajstić information content (AvgIpc) is 2.57. The highest BCUT2D eigenvalue weighted by Gasteiger charge is 2.28. The van der Waals surface area contributed by atoms with Gasteiger partial charge in [0.2, 0.25) is 15.9 Å². The molecule has 9 heteroatoms. The van der Waals surface area contributed by atoms with Crippen molar-refractivity contribution in [2.45, 2.75) is 52.5 Å². The van der Waals surface area contributed by atoms with Crippen LogP contribution < -0.4 is 4.72 Å². The number of carbonyl (C=O) groups excluding carboxylic acids is 2. The molecule has 0 aromatic carbocycles. The van der Waals surface area contributed by atoms with Gasteiger partial charge in [0.25, 0.3) is 0 Å². The van der Waals surface area contributed by atoms with Crippen LogP contribution >= 0.6 is 0 Å². The third-order valence-electron chi connectivity index (χ3n) is 4.28. The lowest BCUT2D eigenvalue weighted by Gasteiger charge is -2.37. The molecule has 0 spiro atoms. The fourth-order valence-electron chi connectivity index (χ4n) is 2.90. The van der Waals surface area contributed by atoms with Crippen LogP contribution in [0.5, 0.6) is 0 Å². The Morgan fingerprint density at radius 2 is 1.88 bits per heavy atom. The van der Waals surface area contributed by atoms with Gasteiger partial charge in [-0.15, -0.1) is 0 Å². The number of hydrogen-bond acceptors (Lipinski definition) is 5. The van der Waals surface area contributed by atoms with Crippen molar-refractivity contribution in [3.63, 3.8) is 0 Å². The molecule has 146 valence electrons. The first-order chi connectivity index (χ1) is 11.8. The minimum absolute atomic E-state index is 0.0170. The van der Waals surface area contributed by atoms with Gasteiger partial charge in [0, 0.05) is 39.1 Å². The lowest BCUT2D eigenvalue weighted by atomic mass is 10.0. The van der Waals surface area contributed by atoms with Crippen LogP contribution in [0.4, 0.5) is 4.79 Å². The summed E-state index contributed by atoms with van der Waals surface area (Å²) in [7, 11) is -3.28. The molecule has 1 aliphatic rings. The summed E-state index contributed by atoms with van der Waals surface area (Å²) in [6, 6.07) is 0.0170. The second kappa shape index (κ2) is 10.6. The Balaban J connectivity index is 2.48. The van der Waals surface area contributed by atoms with Crippen LogP contribution in [0.3, 0.4) is 0 Å². The van der Waals surface area contributed by atoms with Gasteiger partial charge in [-0.1, -0.05) is 13.3 Å². The molecule has 1 rings (SSSR count). The number of rotatable bonds is 9. The number of nitrogens with one attached hydrogen (secondary N) is 1. The molecule has 1 fully saturated rings. The minimum atomic E-state index is -3.28. The molecule has 1 N–H and O–H groups in total. The first-order valence-corrected chi connectivity index (χ1v) is 10.6. The molecule has 0 radical (unpaired) electrons. The van der Waals surface area contributed by atoms with Crippen molar-refractivity contribution in [3.05, 3.63) is 0 Å². The van der Waals surface area contributed by atoms with E-state index in [4.69, 9.17) is 4.74 Å². The van der Waals surface area contributed by atoms with Crippen molar-refractivity contribution in [1.82, 2.24) is 14.5 Å². The van der Waals surface area contributed by atoms with E-state index in [-0.39, 0.29) is 30.3 Å². The summed E-state index contributed by atoms with van der Waals surface area (Å²) in [5, 5.41) is 0. The fraction of sp³-hybridized carbons (Fsp3) is 0.875. The summed E-state index contributed by atoms with van der Waals surface area (Å²) in [4.78, 5) is 27.0. The Kier molecular flexibility index (Phi) is 9.20. The van der Waals surface area contributed by atoms with E-state index in [1.807, 2.05) is 6.92 Å². The Labute approximate surface area is 150 Å². The largest absolute Gasteiger partial charge is 0.450 e. The molecule has 8 nitrogen and oxygen atoms in total. The highest BCUT2D eigenvalue weighted by Crippen LogP contribution is 2.17. The molecular formula is C16H31N3O5S. The SMILES string of the molecule is CCCCS(=O)(=O)NCCN(C(C)=O)C1CCN(C(=O)OCC)CC1. The predicted octanol–water partition coefficient (Wildman–Crippen LogP) is 1.18. The number of hydrogen-bond donors (Lipinski definition) is 1. The molecular weight excluding hydrogens is 346 g/mol. The summed E-state index contributed by atoms with van der Waals surface area (Å²) in [6.07, 6.45) is 2.46. The Morgan fingerprint density at radius 1 is 1.24 bits per heavy atom. The molecule has 1 aliphatic heterocycles. The topological polar surface area (TPSA) is 96.0 Å². The zero-order valence-electron chi connectivity index (χ0n) is 15.5. The number of ether oxygens (including phenoxy) is 1. The zero-order valence-corrected chi connectivity index (χ0v) is 16.3. The van der Waals surface area contributed by atoms with Gasteiger partial charge >= 0.3 is 6.09 Å². The number of likely N-dealkylation sites (tertiary alicyclic amines) is 1. The Morgan fingerprint density at radius 3 is 2.40 bits per heavy atom. The van der Waals surface area contributed by atoms with Crippen molar-refractivity contribution in [1.29, 1.82) is 0 Å². The van der Waals surface area contributed by atoms with E-state index < -0.39 is 10.0 Å². The van der Waals surface area contributed by atoms with Crippen LogP contribution in [-0.4, -0.2) is 74.8 Å². The number of amides is 2. The lowest BCUT2D eigenvalue weighted by Crippen LogP contribution is -2.50. The number of unbranched alkanes of at least 4 members (excludes halogenated alkanes) is 1. The fourth-order valence-corrected chi connectivity index (χ4v) is 4.12. The first kappa shape index (κ1) is 21.7. The second-order valence-corrected chi connectivity index (χ2v) is 8.12. The lowest BCUT2D eigenvalue weighted by molar-refractivity contribution is -0.131. The summed E-state index contributed by atoms with van der Waals surface area (Å²) >= 11 is 0. The zero-order chi connectivity index (χ0) is 18.9.